The topological polar surface area (TPSA) is 45.2 Å². The minimum atomic E-state index is -0.488. The van der Waals surface area contributed by atoms with E-state index in [1.807, 2.05) is 43.3 Å². The second-order valence-electron chi connectivity index (χ2n) is 6.72. The Balaban J connectivity index is 1.44. The molecule has 1 heterocycles. The lowest BCUT2D eigenvalue weighted by molar-refractivity contribution is 0.0661. The first kappa shape index (κ1) is 18.5. The predicted molar refractivity (Wildman–Crippen MR) is 104 cm³/mol. The summed E-state index contributed by atoms with van der Waals surface area (Å²) >= 11 is 0. The normalized spacial score (nSPS) is 16.3. The van der Waals surface area contributed by atoms with Crippen LogP contribution in [-0.2, 0) is 0 Å². The first-order valence-corrected chi connectivity index (χ1v) is 9.13. The first-order valence-electron chi connectivity index (χ1n) is 9.13. The number of nitrogens with zero attached hydrogens (tertiary/aromatic N) is 2. The molecule has 0 radical (unpaired) electrons. The summed E-state index contributed by atoms with van der Waals surface area (Å²) in [4.78, 5) is 4.65. The van der Waals surface area contributed by atoms with Crippen molar-refractivity contribution in [2.75, 3.05) is 51.3 Å². The molecule has 1 N–H and O–H groups in total. The molecule has 1 unspecified atom stereocenters. The van der Waals surface area contributed by atoms with Crippen molar-refractivity contribution >= 4 is 5.69 Å². The van der Waals surface area contributed by atoms with Gasteiger partial charge in [-0.25, -0.2) is 0 Å². The Morgan fingerprint density at radius 2 is 1.81 bits per heavy atom. The molecule has 3 rings (SSSR count). The van der Waals surface area contributed by atoms with Crippen LogP contribution in [0.1, 0.15) is 5.56 Å². The highest BCUT2D eigenvalue weighted by molar-refractivity contribution is 5.51. The Bertz CT molecular complexity index is 699. The summed E-state index contributed by atoms with van der Waals surface area (Å²) < 4.78 is 11.1. The van der Waals surface area contributed by atoms with Crippen LogP contribution < -0.4 is 14.4 Å². The van der Waals surface area contributed by atoms with Crippen LogP contribution in [0, 0.1) is 6.92 Å². The summed E-state index contributed by atoms with van der Waals surface area (Å²) in [6.45, 7) is 6.71. The van der Waals surface area contributed by atoms with Gasteiger partial charge in [0.2, 0.25) is 0 Å². The second kappa shape index (κ2) is 8.92. The van der Waals surface area contributed by atoms with Gasteiger partial charge in [-0.2, -0.15) is 0 Å². The standard InChI is InChI=1S/C21H28N2O3/c1-17-6-3-4-9-21(17)26-16-19(24)15-22-10-12-23(13-11-22)18-7-5-8-20(14-18)25-2/h3-9,14,19,24H,10-13,15-16H2,1-2H3. The maximum Gasteiger partial charge on any atom is 0.122 e. The van der Waals surface area contributed by atoms with E-state index in [0.717, 1.165) is 43.2 Å². The van der Waals surface area contributed by atoms with Gasteiger partial charge < -0.3 is 19.5 Å². The van der Waals surface area contributed by atoms with Gasteiger partial charge >= 0.3 is 0 Å². The average Bonchev–Trinajstić information content (AvgIpc) is 2.68. The SMILES string of the molecule is COc1cccc(N2CCN(CC(O)COc3ccccc3C)CC2)c1. The van der Waals surface area contributed by atoms with Crippen molar-refractivity contribution in [3.8, 4) is 11.5 Å². The first-order chi connectivity index (χ1) is 12.7. The van der Waals surface area contributed by atoms with E-state index in [2.05, 4.69) is 21.9 Å². The van der Waals surface area contributed by atoms with Crippen molar-refractivity contribution in [1.82, 2.24) is 4.90 Å². The lowest BCUT2D eigenvalue weighted by Gasteiger charge is -2.37. The van der Waals surface area contributed by atoms with Crippen LogP contribution in [0.25, 0.3) is 0 Å². The molecule has 0 saturated carbocycles. The number of aryl methyl sites for hydroxylation is 1. The molecule has 1 aliphatic heterocycles. The minimum absolute atomic E-state index is 0.320. The van der Waals surface area contributed by atoms with Crippen LogP contribution in [0.4, 0.5) is 5.69 Å². The molecule has 1 fully saturated rings. The number of hydrogen-bond donors (Lipinski definition) is 1. The molecule has 5 heteroatoms. The Morgan fingerprint density at radius 3 is 2.54 bits per heavy atom. The highest BCUT2D eigenvalue weighted by atomic mass is 16.5. The number of aliphatic hydroxyl groups excluding tert-OH is 1. The molecule has 0 spiro atoms. The Morgan fingerprint density at radius 1 is 1.04 bits per heavy atom. The van der Waals surface area contributed by atoms with Gasteiger partial charge in [-0.05, 0) is 30.7 Å². The maximum atomic E-state index is 10.3. The Hall–Kier alpha value is -2.24. The third-order valence-electron chi connectivity index (χ3n) is 4.78. The van der Waals surface area contributed by atoms with Crippen molar-refractivity contribution in [3.63, 3.8) is 0 Å². The molecule has 0 bridgehead atoms. The number of benzene rings is 2. The number of para-hydroxylation sites is 1. The maximum absolute atomic E-state index is 10.3. The molecule has 140 valence electrons. The fourth-order valence-corrected chi connectivity index (χ4v) is 3.25. The molecule has 0 aliphatic carbocycles. The van der Waals surface area contributed by atoms with E-state index < -0.39 is 6.10 Å². The van der Waals surface area contributed by atoms with Gasteiger partial charge in [0.15, 0.2) is 0 Å². The van der Waals surface area contributed by atoms with Crippen molar-refractivity contribution < 1.29 is 14.6 Å². The molecular weight excluding hydrogens is 328 g/mol. The number of aliphatic hydroxyl groups is 1. The van der Waals surface area contributed by atoms with Crippen LogP contribution in [-0.4, -0.2) is 62.6 Å². The number of rotatable bonds is 7. The highest BCUT2D eigenvalue weighted by Gasteiger charge is 2.20. The van der Waals surface area contributed by atoms with Crippen LogP contribution in [0.2, 0.25) is 0 Å². The van der Waals surface area contributed by atoms with Crippen molar-refractivity contribution in [2.45, 2.75) is 13.0 Å². The molecule has 2 aromatic rings. The van der Waals surface area contributed by atoms with E-state index in [4.69, 9.17) is 9.47 Å². The second-order valence-corrected chi connectivity index (χ2v) is 6.72. The summed E-state index contributed by atoms with van der Waals surface area (Å²) in [5.74, 6) is 1.73. The van der Waals surface area contributed by atoms with Gasteiger partial charge in [0, 0.05) is 44.5 Å². The van der Waals surface area contributed by atoms with E-state index in [1.165, 1.54) is 5.69 Å². The molecule has 2 aromatic carbocycles. The zero-order valence-corrected chi connectivity index (χ0v) is 15.6. The fraction of sp³-hybridized carbons (Fsp3) is 0.429. The van der Waals surface area contributed by atoms with Gasteiger partial charge in [0.05, 0.1) is 7.11 Å². The van der Waals surface area contributed by atoms with Crippen molar-refractivity contribution in [2.24, 2.45) is 0 Å². The number of anilines is 1. The van der Waals surface area contributed by atoms with Crippen LogP contribution in [0.15, 0.2) is 48.5 Å². The number of methoxy groups -OCH3 is 1. The van der Waals surface area contributed by atoms with Crippen molar-refractivity contribution in [1.29, 1.82) is 0 Å². The van der Waals surface area contributed by atoms with Crippen LogP contribution in [0.3, 0.4) is 0 Å². The number of piperazine rings is 1. The van der Waals surface area contributed by atoms with E-state index in [-0.39, 0.29) is 0 Å². The summed E-state index contributed by atoms with van der Waals surface area (Å²) in [7, 11) is 1.69. The lowest BCUT2D eigenvalue weighted by Crippen LogP contribution is -2.49. The van der Waals surface area contributed by atoms with Gasteiger partial charge in [0.25, 0.3) is 0 Å². The third-order valence-corrected chi connectivity index (χ3v) is 4.78. The quantitative estimate of drug-likeness (QED) is 0.826. The molecule has 0 aromatic heterocycles. The summed E-state index contributed by atoms with van der Waals surface area (Å²) in [6.07, 6.45) is -0.488. The molecule has 5 nitrogen and oxygen atoms in total. The van der Waals surface area contributed by atoms with Gasteiger partial charge in [-0.15, -0.1) is 0 Å². The summed E-state index contributed by atoms with van der Waals surface area (Å²) in [5, 5.41) is 10.3. The third kappa shape index (κ3) is 4.90. The largest absolute Gasteiger partial charge is 0.497 e. The highest BCUT2D eigenvalue weighted by Crippen LogP contribution is 2.22. The Kier molecular flexibility index (Phi) is 6.36. The van der Waals surface area contributed by atoms with E-state index >= 15 is 0 Å². The van der Waals surface area contributed by atoms with Crippen LogP contribution >= 0.6 is 0 Å². The number of β-amino-alcohol motifs (C(OH)–C–C–N with tert-alkyl or cyclic N) is 1. The molecule has 0 amide bonds. The fourth-order valence-electron chi connectivity index (χ4n) is 3.25. The summed E-state index contributed by atoms with van der Waals surface area (Å²) in [6, 6.07) is 16.1. The predicted octanol–water partition coefficient (Wildman–Crippen LogP) is 2.57. The van der Waals surface area contributed by atoms with E-state index in [0.29, 0.717) is 13.2 Å². The van der Waals surface area contributed by atoms with E-state index in [9.17, 15) is 5.11 Å². The zero-order valence-electron chi connectivity index (χ0n) is 15.6. The van der Waals surface area contributed by atoms with Gasteiger partial charge in [-0.1, -0.05) is 24.3 Å². The smallest absolute Gasteiger partial charge is 0.122 e. The monoisotopic (exact) mass is 356 g/mol. The van der Waals surface area contributed by atoms with Gasteiger partial charge in [0.1, 0.15) is 24.2 Å². The molecular formula is C21H28N2O3. The van der Waals surface area contributed by atoms with Crippen LogP contribution in [0.5, 0.6) is 11.5 Å². The van der Waals surface area contributed by atoms with E-state index in [1.54, 1.807) is 7.11 Å². The average molecular weight is 356 g/mol. The zero-order chi connectivity index (χ0) is 18.4. The number of hydrogen-bond acceptors (Lipinski definition) is 5. The minimum Gasteiger partial charge on any atom is -0.497 e. The lowest BCUT2D eigenvalue weighted by atomic mass is 10.2. The molecule has 1 saturated heterocycles. The molecule has 1 aliphatic rings. The van der Waals surface area contributed by atoms with Crippen molar-refractivity contribution in [3.05, 3.63) is 54.1 Å². The Labute approximate surface area is 155 Å². The summed E-state index contributed by atoms with van der Waals surface area (Å²) in [5.41, 5.74) is 2.28. The number of ether oxygens (including phenoxy) is 2. The molecule has 26 heavy (non-hydrogen) atoms. The van der Waals surface area contributed by atoms with Gasteiger partial charge in [-0.3, -0.25) is 4.90 Å². The molecule has 1 atom stereocenters.